The molecular formula is C11H18O. The van der Waals surface area contributed by atoms with Gasteiger partial charge in [-0.25, -0.2) is 0 Å². The Labute approximate surface area is 74.9 Å². The summed E-state index contributed by atoms with van der Waals surface area (Å²) in [6, 6.07) is 0. The molecule has 2 aliphatic rings. The zero-order chi connectivity index (χ0) is 9.14. The van der Waals surface area contributed by atoms with Gasteiger partial charge in [0.05, 0.1) is 0 Å². The molecule has 0 bridgehead atoms. The largest absolute Gasteiger partial charge is 0.299 e. The number of ketones is 1. The summed E-state index contributed by atoms with van der Waals surface area (Å²) in [5.74, 6) is 1.52. The van der Waals surface area contributed by atoms with Crippen LogP contribution in [0, 0.1) is 11.8 Å². The lowest BCUT2D eigenvalue weighted by molar-refractivity contribution is -0.130. The van der Waals surface area contributed by atoms with E-state index >= 15 is 0 Å². The Morgan fingerprint density at radius 1 is 1.42 bits per heavy atom. The Morgan fingerprint density at radius 3 is 2.50 bits per heavy atom. The standard InChI is InChI=1S/C9H12O.C2H6/c1-2-6-3-7-5-9(10)8(7)4-6;1-2/h4,7-8H,2-3,5H2,1H3;1-2H3/t7-,8-;/m1./s1. The summed E-state index contributed by atoms with van der Waals surface area (Å²) in [5.41, 5.74) is 1.50. The average molecular weight is 166 g/mol. The lowest BCUT2D eigenvalue weighted by Crippen LogP contribution is -2.32. The van der Waals surface area contributed by atoms with E-state index < -0.39 is 0 Å². The first-order valence-electron chi connectivity index (χ1n) is 5.03. The Morgan fingerprint density at radius 2 is 2.08 bits per heavy atom. The summed E-state index contributed by atoms with van der Waals surface area (Å²) in [7, 11) is 0. The van der Waals surface area contributed by atoms with Gasteiger partial charge >= 0.3 is 0 Å². The molecule has 0 spiro atoms. The van der Waals surface area contributed by atoms with Crippen LogP contribution in [0.15, 0.2) is 11.6 Å². The Balaban J connectivity index is 0.000000336. The second-order valence-electron chi connectivity index (χ2n) is 3.34. The third kappa shape index (κ3) is 1.45. The molecule has 12 heavy (non-hydrogen) atoms. The van der Waals surface area contributed by atoms with E-state index in [4.69, 9.17) is 0 Å². The highest BCUT2D eigenvalue weighted by molar-refractivity contribution is 5.90. The van der Waals surface area contributed by atoms with Crippen molar-refractivity contribution in [3.63, 3.8) is 0 Å². The highest BCUT2D eigenvalue weighted by atomic mass is 16.1. The van der Waals surface area contributed by atoms with E-state index in [0.29, 0.717) is 17.6 Å². The third-order valence-corrected chi connectivity index (χ3v) is 2.74. The van der Waals surface area contributed by atoms with Gasteiger partial charge in [-0.2, -0.15) is 0 Å². The van der Waals surface area contributed by atoms with Gasteiger partial charge in [0.1, 0.15) is 5.78 Å². The molecule has 0 unspecified atom stereocenters. The zero-order valence-electron chi connectivity index (χ0n) is 8.26. The van der Waals surface area contributed by atoms with Gasteiger partial charge in [0.25, 0.3) is 0 Å². The highest BCUT2D eigenvalue weighted by Gasteiger charge is 2.41. The quantitative estimate of drug-likeness (QED) is 0.547. The van der Waals surface area contributed by atoms with Gasteiger partial charge in [0.2, 0.25) is 0 Å². The van der Waals surface area contributed by atoms with Gasteiger partial charge in [-0.15, -0.1) is 0 Å². The van der Waals surface area contributed by atoms with Gasteiger partial charge in [-0.3, -0.25) is 4.79 Å². The molecule has 1 saturated carbocycles. The number of hydrogen-bond acceptors (Lipinski definition) is 1. The minimum atomic E-state index is 0.343. The van der Waals surface area contributed by atoms with Crippen LogP contribution in [0.4, 0.5) is 0 Å². The van der Waals surface area contributed by atoms with Crippen molar-refractivity contribution in [2.24, 2.45) is 11.8 Å². The maximum Gasteiger partial charge on any atom is 0.140 e. The number of allylic oxidation sites excluding steroid dienone is 2. The molecule has 2 rings (SSSR count). The fourth-order valence-corrected chi connectivity index (χ4v) is 1.97. The molecule has 1 fully saturated rings. The van der Waals surface area contributed by atoms with E-state index in [-0.39, 0.29) is 0 Å². The maximum absolute atomic E-state index is 10.9. The number of rotatable bonds is 1. The zero-order valence-corrected chi connectivity index (χ0v) is 8.26. The van der Waals surface area contributed by atoms with Crippen molar-refractivity contribution >= 4 is 5.78 Å². The molecule has 0 aromatic carbocycles. The van der Waals surface area contributed by atoms with Gasteiger partial charge in [-0.1, -0.05) is 32.4 Å². The van der Waals surface area contributed by atoms with Crippen LogP contribution in [0.25, 0.3) is 0 Å². The Bertz CT molecular complexity index is 203. The Hall–Kier alpha value is -0.590. The lowest BCUT2D eigenvalue weighted by atomic mass is 9.75. The van der Waals surface area contributed by atoms with E-state index in [1.165, 1.54) is 12.0 Å². The van der Waals surface area contributed by atoms with Crippen LogP contribution in [0.2, 0.25) is 0 Å². The second kappa shape index (κ2) is 3.88. The van der Waals surface area contributed by atoms with E-state index in [9.17, 15) is 4.79 Å². The van der Waals surface area contributed by atoms with E-state index in [2.05, 4.69) is 13.0 Å². The smallest absolute Gasteiger partial charge is 0.140 e. The van der Waals surface area contributed by atoms with Gasteiger partial charge in [-0.05, 0) is 18.8 Å². The molecule has 0 saturated heterocycles. The number of hydrogen-bond donors (Lipinski definition) is 0. The van der Waals surface area contributed by atoms with Crippen molar-refractivity contribution in [1.82, 2.24) is 0 Å². The maximum atomic E-state index is 10.9. The first-order chi connectivity index (χ1) is 5.81. The molecular weight excluding hydrogens is 148 g/mol. The highest BCUT2D eigenvalue weighted by Crippen LogP contribution is 2.43. The van der Waals surface area contributed by atoms with Gasteiger partial charge in [0, 0.05) is 12.3 Å². The van der Waals surface area contributed by atoms with Crippen LogP contribution >= 0.6 is 0 Å². The van der Waals surface area contributed by atoms with Crippen molar-refractivity contribution in [1.29, 1.82) is 0 Å². The van der Waals surface area contributed by atoms with Crippen LogP contribution in [-0.4, -0.2) is 5.78 Å². The predicted octanol–water partition coefficient (Wildman–Crippen LogP) is 2.96. The molecule has 1 nitrogen and oxygen atoms in total. The van der Waals surface area contributed by atoms with E-state index in [1.807, 2.05) is 13.8 Å². The van der Waals surface area contributed by atoms with Gasteiger partial charge in [0.15, 0.2) is 0 Å². The average Bonchev–Trinajstić information content (AvgIpc) is 2.45. The minimum Gasteiger partial charge on any atom is -0.299 e. The summed E-state index contributed by atoms with van der Waals surface area (Å²) in [6.45, 7) is 6.17. The minimum absolute atomic E-state index is 0.343. The van der Waals surface area contributed by atoms with Crippen molar-refractivity contribution in [2.75, 3.05) is 0 Å². The van der Waals surface area contributed by atoms with Crippen molar-refractivity contribution in [3.05, 3.63) is 11.6 Å². The molecule has 0 radical (unpaired) electrons. The summed E-state index contributed by atoms with van der Waals surface area (Å²) in [5, 5.41) is 0. The summed E-state index contributed by atoms with van der Waals surface area (Å²) in [4.78, 5) is 10.9. The van der Waals surface area contributed by atoms with E-state index in [0.717, 1.165) is 12.8 Å². The number of fused-ring (bicyclic) bond motifs is 1. The second-order valence-corrected chi connectivity index (χ2v) is 3.34. The first kappa shape index (κ1) is 9.50. The lowest BCUT2D eigenvalue weighted by Gasteiger charge is -2.27. The normalized spacial score (nSPS) is 31.2. The molecule has 0 aromatic heterocycles. The summed E-state index contributed by atoms with van der Waals surface area (Å²) in [6.07, 6.45) is 5.38. The molecule has 2 atom stereocenters. The molecule has 0 N–H and O–H groups in total. The van der Waals surface area contributed by atoms with Gasteiger partial charge < -0.3 is 0 Å². The number of carbonyl (C=O) groups is 1. The molecule has 68 valence electrons. The number of carbonyl (C=O) groups excluding carboxylic acids is 1. The molecule has 0 aliphatic heterocycles. The fraction of sp³-hybridized carbons (Fsp3) is 0.727. The summed E-state index contributed by atoms with van der Waals surface area (Å²) >= 11 is 0. The van der Waals surface area contributed by atoms with Crippen LogP contribution in [0.5, 0.6) is 0 Å². The molecule has 0 aromatic rings. The molecule has 1 heteroatoms. The molecule has 2 aliphatic carbocycles. The van der Waals surface area contributed by atoms with Crippen LogP contribution in [0.1, 0.15) is 40.0 Å². The van der Waals surface area contributed by atoms with Crippen LogP contribution in [-0.2, 0) is 4.79 Å². The van der Waals surface area contributed by atoms with Crippen LogP contribution in [0.3, 0.4) is 0 Å². The first-order valence-corrected chi connectivity index (χ1v) is 5.03. The molecule has 0 amide bonds. The predicted molar refractivity (Wildman–Crippen MR) is 50.9 cm³/mol. The Kier molecular flexibility index (Phi) is 3.07. The van der Waals surface area contributed by atoms with Crippen LogP contribution < -0.4 is 0 Å². The molecule has 0 heterocycles. The monoisotopic (exact) mass is 166 g/mol. The van der Waals surface area contributed by atoms with Crippen molar-refractivity contribution < 1.29 is 4.79 Å². The SMILES string of the molecule is CC.CCC1=C[C@H]2C(=O)C[C@H]2C1. The topological polar surface area (TPSA) is 17.1 Å². The van der Waals surface area contributed by atoms with E-state index in [1.54, 1.807) is 0 Å². The van der Waals surface area contributed by atoms with Crippen molar-refractivity contribution in [2.45, 2.75) is 40.0 Å². The fourth-order valence-electron chi connectivity index (χ4n) is 1.97. The summed E-state index contributed by atoms with van der Waals surface area (Å²) < 4.78 is 0. The third-order valence-electron chi connectivity index (χ3n) is 2.74. The number of Topliss-reactive ketones (excluding diaryl/α,β-unsaturated/α-hetero) is 1. The van der Waals surface area contributed by atoms with Crippen molar-refractivity contribution in [3.8, 4) is 0 Å².